The van der Waals surface area contributed by atoms with Gasteiger partial charge in [-0.05, 0) is 37.4 Å². The van der Waals surface area contributed by atoms with Gasteiger partial charge in [-0.2, -0.15) is 0 Å². The minimum atomic E-state index is -3.77. The fourth-order valence-corrected chi connectivity index (χ4v) is 3.87. The largest absolute Gasteiger partial charge is 0.378 e. The van der Waals surface area contributed by atoms with E-state index in [1.165, 1.54) is 25.2 Å². The van der Waals surface area contributed by atoms with Crippen LogP contribution in [0.25, 0.3) is 0 Å². The molecule has 0 saturated carbocycles. The SMILES string of the molecule is CNS(=O)(=O)c1cc(C(=O)Nc2ccc(N3CCOCC3)cn2)ccc1Cl. The number of nitrogens with zero attached hydrogens (tertiary/aromatic N) is 2. The second-order valence-electron chi connectivity index (χ2n) is 5.81. The average molecular weight is 411 g/mol. The van der Waals surface area contributed by atoms with Crippen molar-refractivity contribution < 1.29 is 17.9 Å². The van der Waals surface area contributed by atoms with Gasteiger partial charge in [0.25, 0.3) is 5.91 Å². The van der Waals surface area contributed by atoms with Crippen LogP contribution in [-0.2, 0) is 14.8 Å². The number of carbonyl (C=O) groups excluding carboxylic acids is 1. The number of halogens is 1. The maximum absolute atomic E-state index is 12.4. The molecule has 1 amide bonds. The first-order chi connectivity index (χ1) is 12.9. The standard InChI is InChI=1S/C17H19ClN4O4S/c1-19-27(24,25)15-10-12(2-4-14(15)18)17(23)21-16-5-3-13(11-20-16)22-6-8-26-9-7-22/h2-5,10-11,19H,6-9H2,1H3,(H,20,21,23). The van der Waals surface area contributed by atoms with E-state index in [-0.39, 0.29) is 15.5 Å². The first-order valence-corrected chi connectivity index (χ1v) is 10.1. The van der Waals surface area contributed by atoms with Gasteiger partial charge in [-0.1, -0.05) is 11.6 Å². The van der Waals surface area contributed by atoms with E-state index in [0.29, 0.717) is 19.0 Å². The molecule has 2 N–H and O–H groups in total. The number of sulfonamides is 1. The van der Waals surface area contributed by atoms with Crippen LogP contribution in [0, 0.1) is 0 Å². The van der Waals surface area contributed by atoms with Gasteiger partial charge in [0.1, 0.15) is 10.7 Å². The zero-order valence-electron chi connectivity index (χ0n) is 14.6. The van der Waals surface area contributed by atoms with E-state index in [1.54, 1.807) is 12.3 Å². The minimum Gasteiger partial charge on any atom is -0.378 e. The maximum Gasteiger partial charge on any atom is 0.256 e. The van der Waals surface area contributed by atoms with Crippen LogP contribution in [0.3, 0.4) is 0 Å². The third-order valence-electron chi connectivity index (χ3n) is 4.12. The number of hydrogen-bond acceptors (Lipinski definition) is 6. The summed E-state index contributed by atoms with van der Waals surface area (Å²) in [6.07, 6.45) is 1.68. The number of morpholine rings is 1. The third kappa shape index (κ3) is 4.56. The van der Waals surface area contributed by atoms with Crippen LogP contribution in [0.1, 0.15) is 10.4 Å². The van der Waals surface area contributed by atoms with Gasteiger partial charge in [0, 0.05) is 18.7 Å². The minimum absolute atomic E-state index is 0.0360. The quantitative estimate of drug-likeness (QED) is 0.778. The summed E-state index contributed by atoms with van der Waals surface area (Å²) >= 11 is 5.94. The molecule has 0 radical (unpaired) electrons. The number of amides is 1. The number of benzene rings is 1. The number of carbonyl (C=O) groups is 1. The van der Waals surface area contributed by atoms with Crippen LogP contribution < -0.4 is 14.9 Å². The molecular formula is C17H19ClN4O4S. The molecular weight excluding hydrogens is 392 g/mol. The molecule has 1 aromatic carbocycles. The lowest BCUT2D eigenvalue weighted by atomic mass is 10.2. The van der Waals surface area contributed by atoms with Crippen LogP contribution in [0.4, 0.5) is 11.5 Å². The molecule has 8 nitrogen and oxygen atoms in total. The Balaban J connectivity index is 1.74. The first kappa shape index (κ1) is 19.6. The van der Waals surface area contributed by atoms with Crippen LogP contribution in [0.2, 0.25) is 5.02 Å². The van der Waals surface area contributed by atoms with Crippen LogP contribution >= 0.6 is 11.6 Å². The predicted molar refractivity (Wildman–Crippen MR) is 103 cm³/mol. The van der Waals surface area contributed by atoms with Crippen molar-refractivity contribution in [2.45, 2.75) is 4.90 Å². The Morgan fingerprint density at radius 1 is 1.22 bits per heavy atom. The van der Waals surface area contributed by atoms with Gasteiger partial charge < -0.3 is 15.0 Å². The highest BCUT2D eigenvalue weighted by Crippen LogP contribution is 2.23. The van der Waals surface area contributed by atoms with E-state index in [1.807, 2.05) is 6.07 Å². The van der Waals surface area contributed by atoms with Gasteiger partial charge in [-0.15, -0.1) is 0 Å². The van der Waals surface area contributed by atoms with Crippen molar-refractivity contribution >= 4 is 39.0 Å². The van der Waals surface area contributed by atoms with E-state index in [2.05, 4.69) is 19.9 Å². The van der Waals surface area contributed by atoms with Crippen molar-refractivity contribution in [1.29, 1.82) is 0 Å². The fraction of sp³-hybridized carbons (Fsp3) is 0.294. The van der Waals surface area contributed by atoms with Crippen molar-refractivity contribution in [3.63, 3.8) is 0 Å². The van der Waals surface area contributed by atoms with Crippen LogP contribution in [-0.4, -0.2) is 52.7 Å². The summed E-state index contributed by atoms with van der Waals surface area (Å²) in [5.41, 5.74) is 1.11. The van der Waals surface area contributed by atoms with E-state index in [0.717, 1.165) is 18.8 Å². The highest BCUT2D eigenvalue weighted by Gasteiger charge is 2.19. The smallest absolute Gasteiger partial charge is 0.256 e. The van der Waals surface area contributed by atoms with Crippen molar-refractivity contribution in [1.82, 2.24) is 9.71 Å². The van der Waals surface area contributed by atoms with Crippen LogP contribution in [0.15, 0.2) is 41.4 Å². The van der Waals surface area contributed by atoms with Gasteiger partial charge in [0.2, 0.25) is 10.0 Å². The van der Waals surface area contributed by atoms with Gasteiger partial charge in [0.05, 0.1) is 30.1 Å². The summed E-state index contributed by atoms with van der Waals surface area (Å²) in [5, 5.41) is 2.69. The summed E-state index contributed by atoms with van der Waals surface area (Å²) in [7, 11) is -2.49. The number of nitrogens with one attached hydrogen (secondary N) is 2. The average Bonchev–Trinajstić information content (AvgIpc) is 2.69. The topological polar surface area (TPSA) is 101 Å². The van der Waals surface area contributed by atoms with Crippen molar-refractivity contribution in [3.05, 3.63) is 47.1 Å². The predicted octanol–water partition coefficient (Wildman–Crippen LogP) is 1.73. The fourth-order valence-electron chi connectivity index (χ4n) is 2.62. The Kier molecular flexibility index (Phi) is 5.95. The van der Waals surface area contributed by atoms with Crippen molar-refractivity contribution in [3.8, 4) is 0 Å². The van der Waals surface area contributed by atoms with Gasteiger partial charge in [0.15, 0.2) is 0 Å². The Morgan fingerprint density at radius 2 is 1.96 bits per heavy atom. The molecule has 0 unspecified atom stereocenters. The molecule has 144 valence electrons. The Labute approximate surface area is 162 Å². The lowest BCUT2D eigenvalue weighted by Crippen LogP contribution is -2.36. The number of rotatable bonds is 5. The summed E-state index contributed by atoms with van der Waals surface area (Å²) < 4.78 is 31.5. The summed E-state index contributed by atoms with van der Waals surface area (Å²) in [6.45, 7) is 2.93. The number of ether oxygens (including phenoxy) is 1. The molecule has 2 aromatic rings. The molecule has 0 atom stereocenters. The Hall–Kier alpha value is -2.20. The molecule has 10 heteroatoms. The summed E-state index contributed by atoms with van der Waals surface area (Å²) in [6, 6.07) is 7.62. The van der Waals surface area contributed by atoms with E-state index in [9.17, 15) is 13.2 Å². The third-order valence-corrected chi connectivity index (χ3v) is 6.01. The van der Waals surface area contributed by atoms with Gasteiger partial charge in [-0.25, -0.2) is 18.1 Å². The second-order valence-corrected chi connectivity index (χ2v) is 8.07. The zero-order valence-corrected chi connectivity index (χ0v) is 16.2. The van der Waals surface area contributed by atoms with Crippen LogP contribution in [0.5, 0.6) is 0 Å². The summed E-state index contributed by atoms with van der Waals surface area (Å²) in [4.78, 5) is 18.7. The molecule has 1 aromatic heterocycles. The Morgan fingerprint density at radius 3 is 2.59 bits per heavy atom. The monoisotopic (exact) mass is 410 g/mol. The molecule has 1 saturated heterocycles. The van der Waals surface area contributed by atoms with Crippen molar-refractivity contribution in [2.24, 2.45) is 0 Å². The van der Waals surface area contributed by atoms with Crippen molar-refractivity contribution in [2.75, 3.05) is 43.6 Å². The van der Waals surface area contributed by atoms with E-state index < -0.39 is 15.9 Å². The molecule has 2 heterocycles. The lowest BCUT2D eigenvalue weighted by Gasteiger charge is -2.28. The first-order valence-electron chi connectivity index (χ1n) is 8.24. The molecule has 3 rings (SSSR count). The van der Waals surface area contributed by atoms with Gasteiger partial charge >= 0.3 is 0 Å². The molecule has 0 bridgehead atoms. The van der Waals surface area contributed by atoms with E-state index >= 15 is 0 Å². The highest BCUT2D eigenvalue weighted by atomic mass is 35.5. The molecule has 1 aliphatic heterocycles. The highest BCUT2D eigenvalue weighted by molar-refractivity contribution is 7.89. The molecule has 1 fully saturated rings. The van der Waals surface area contributed by atoms with E-state index in [4.69, 9.17) is 16.3 Å². The number of anilines is 2. The number of aromatic nitrogens is 1. The normalized spacial score (nSPS) is 14.8. The van der Waals surface area contributed by atoms with Gasteiger partial charge in [-0.3, -0.25) is 4.79 Å². The molecule has 1 aliphatic rings. The molecule has 27 heavy (non-hydrogen) atoms. The molecule has 0 spiro atoms. The Bertz CT molecular complexity index is 928. The number of pyridine rings is 1. The zero-order chi connectivity index (χ0) is 19.4. The second kappa shape index (κ2) is 8.22. The summed E-state index contributed by atoms with van der Waals surface area (Å²) in [5.74, 6) is -0.115. The number of hydrogen-bond donors (Lipinski definition) is 2. The lowest BCUT2D eigenvalue weighted by molar-refractivity contribution is 0.102. The molecule has 0 aliphatic carbocycles. The maximum atomic E-state index is 12.4.